The molecule has 0 N–H and O–H groups in total. The van der Waals surface area contributed by atoms with Gasteiger partial charge in [-0.05, 0) is 31.2 Å². The number of rotatable bonds is 6. The number of nitrogens with zero attached hydrogens (tertiary/aromatic N) is 3. The highest BCUT2D eigenvalue weighted by Crippen LogP contribution is 2.26. The number of carbonyl (C=O) groups excluding carboxylic acids is 2. The SMILES string of the molecule is CCN(C(C)=O)c1nc(/C=C/C(=O)c2ccc(Cl)c([N+](=O)[O-])c2)cs1. The van der Waals surface area contributed by atoms with Gasteiger partial charge in [0.25, 0.3) is 5.69 Å². The molecule has 2 rings (SSSR count). The lowest BCUT2D eigenvalue weighted by atomic mass is 10.1. The Balaban J connectivity index is 2.18. The van der Waals surface area contributed by atoms with Gasteiger partial charge in [0, 0.05) is 30.5 Å². The van der Waals surface area contributed by atoms with Crippen molar-refractivity contribution in [3.05, 3.63) is 56.0 Å². The largest absolute Gasteiger partial charge is 0.289 e. The van der Waals surface area contributed by atoms with Crippen LogP contribution in [0.1, 0.15) is 29.9 Å². The second-order valence-corrected chi connectivity index (χ2v) is 6.18. The molecule has 0 fully saturated rings. The van der Waals surface area contributed by atoms with E-state index >= 15 is 0 Å². The van der Waals surface area contributed by atoms with Gasteiger partial charge in [-0.1, -0.05) is 11.6 Å². The summed E-state index contributed by atoms with van der Waals surface area (Å²) in [6.07, 6.45) is 2.77. The van der Waals surface area contributed by atoms with Crippen LogP contribution in [0.15, 0.2) is 29.7 Å². The lowest BCUT2D eigenvalue weighted by Crippen LogP contribution is -2.27. The maximum Gasteiger partial charge on any atom is 0.288 e. The number of ketones is 1. The predicted octanol–water partition coefficient (Wildman–Crippen LogP) is 3.97. The number of amides is 1. The zero-order chi connectivity index (χ0) is 18.6. The van der Waals surface area contributed by atoms with E-state index < -0.39 is 10.7 Å². The maximum atomic E-state index is 12.2. The molecule has 0 aliphatic carbocycles. The molecule has 0 aliphatic heterocycles. The molecule has 0 spiro atoms. The fourth-order valence-electron chi connectivity index (χ4n) is 2.03. The van der Waals surface area contributed by atoms with E-state index in [0.29, 0.717) is 17.4 Å². The van der Waals surface area contributed by atoms with E-state index in [0.717, 1.165) is 6.07 Å². The van der Waals surface area contributed by atoms with Crippen LogP contribution < -0.4 is 4.90 Å². The van der Waals surface area contributed by atoms with Crippen LogP contribution in [0, 0.1) is 10.1 Å². The molecule has 130 valence electrons. The molecule has 0 bridgehead atoms. The molecule has 0 atom stereocenters. The Morgan fingerprint density at radius 1 is 1.44 bits per heavy atom. The van der Waals surface area contributed by atoms with Gasteiger partial charge in [0.2, 0.25) is 5.91 Å². The Bertz CT molecular complexity index is 863. The van der Waals surface area contributed by atoms with Crippen LogP contribution in [0.25, 0.3) is 6.08 Å². The van der Waals surface area contributed by atoms with E-state index in [4.69, 9.17) is 11.6 Å². The standard InChI is InChI=1S/C16H14ClN3O4S/c1-3-19(10(2)21)16-18-12(9-25-16)5-7-15(22)11-4-6-13(17)14(8-11)20(23)24/h4-9H,3H2,1-2H3/b7-5+. The number of allylic oxidation sites excluding steroid dienone is 1. The number of halogens is 1. The van der Waals surface area contributed by atoms with Crippen molar-refractivity contribution < 1.29 is 14.5 Å². The Kier molecular flexibility index (Phi) is 6.00. The van der Waals surface area contributed by atoms with Crippen LogP contribution in [0.2, 0.25) is 5.02 Å². The topological polar surface area (TPSA) is 93.4 Å². The number of thiazole rings is 1. The molecule has 0 saturated carbocycles. The Morgan fingerprint density at radius 2 is 2.16 bits per heavy atom. The summed E-state index contributed by atoms with van der Waals surface area (Å²) in [6.45, 7) is 3.80. The number of aromatic nitrogens is 1. The first-order valence-corrected chi connectivity index (χ1v) is 8.49. The molecular weight excluding hydrogens is 366 g/mol. The minimum atomic E-state index is -0.642. The number of benzene rings is 1. The second-order valence-electron chi connectivity index (χ2n) is 4.94. The third-order valence-corrected chi connectivity index (χ3v) is 4.47. The van der Waals surface area contributed by atoms with E-state index in [2.05, 4.69) is 4.98 Å². The molecule has 1 aromatic heterocycles. The number of hydrogen-bond donors (Lipinski definition) is 0. The van der Waals surface area contributed by atoms with Gasteiger partial charge in [-0.2, -0.15) is 0 Å². The van der Waals surface area contributed by atoms with Gasteiger partial charge in [0.05, 0.1) is 10.6 Å². The van der Waals surface area contributed by atoms with Gasteiger partial charge in [-0.15, -0.1) is 11.3 Å². The first kappa shape index (κ1) is 18.8. The summed E-state index contributed by atoms with van der Waals surface area (Å²) < 4.78 is 0. The summed E-state index contributed by atoms with van der Waals surface area (Å²) in [5.74, 6) is -0.523. The lowest BCUT2D eigenvalue weighted by molar-refractivity contribution is -0.384. The molecule has 7 nitrogen and oxygen atoms in total. The van der Waals surface area contributed by atoms with Crippen molar-refractivity contribution in [3.8, 4) is 0 Å². The first-order chi connectivity index (χ1) is 11.8. The zero-order valence-corrected chi connectivity index (χ0v) is 15.0. The normalized spacial score (nSPS) is 10.8. The summed E-state index contributed by atoms with van der Waals surface area (Å²) in [4.78, 5) is 39.7. The Morgan fingerprint density at radius 3 is 2.76 bits per heavy atom. The molecule has 1 aromatic carbocycles. The first-order valence-electron chi connectivity index (χ1n) is 7.23. The van der Waals surface area contributed by atoms with Gasteiger partial charge in [0.15, 0.2) is 10.9 Å². The van der Waals surface area contributed by atoms with Crippen LogP contribution in [0.4, 0.5) is 10.8 Å². The van der Waals surface area contributed by atoms with Gasteiger partial charge in [-0.25, -0.2) is 4.98 Å². The van der Waals surface area contributed by atoms with Crippen LogP contribution >= 0.6 is 22.9 Å². The predicted molar refractivity (Wildman–Crippen MR) is 97.3 cm³/mol. The summed E-state index contributed by atoms with van der Waals surface area (Å²) in [6, 6.07) is 3.87. The second kappa shape index (κ2) is 8.00. The van der Waals surface area contributed by atoms with Crippen molar-refractivity contribution in [3.63, 3.8) is 0 Å². The Hall–Kier alpha value is -2.58. The number of hydrogen-bond acceptors (Lipinski definition) is 6. The number of nitro benzene ring substituents is 1. The maximum absolute atomic E-state index is 12.2. The highest BCUT2D eigenvalue weighted by Gasteiger charge is 2.15. The molecule has 2 aromatic rings. The molecule has 0 saturated heterocycles. The minimum Gasteiger partial charge on any atom is -0.289 e. The molecule has 25 heavy (non-hydrogen) atoms. The monoisotopic (exact) mass is 379 g/mol. The third kappa shape index (κ3) is 4.49. The molecule has 0 radical (unpaired) electrons. The fraction of sp³-hybridized carbons (Fsp3) is 0.188. The summed E-state index contributed by atoms with van der Waals surface area (Å²) in [5.41, 5.74) is 0.357. The van der Waals surface area contributed by atoms with Crippen LogP contribution in [0.5, 0.6) is 0 Å². The number of anilines is 1. The van der Waals surface area contributed by atoms with Crippen LogP contribution in [0.3, 0.4) is 0 Å². The van der Waals surface area contributed by atoms with E-state index in [1.54, 1.807) is 5.38 Å². The van der Waals surface area contributed by atoms with E-state index in [1.807, 2.05) is 6.92 Å². The molecule has 9 heteroatoms. The Labute approximate surface area is 152 Å². The zero-order valence-electron chi connectivity index (χ0n) is 13.4. The van der Waals surface area contributed by atoms with Crippen molar-refractivity contribution in [2.45, 2.75) is 13.8 Å². The quantitative estimate of drug-likeness (QED) is 0.327. The van der Waals surface area contributed by atoms with E-state index in [-0.39, 0.29) is 22.2 Å². The lowest BCUT2D eigenvalue weighted by Gasteiger charge is -2.14. The summed E-state index contributed by atoms with van der Waals surface area (Å²) in [5, 5.41) is 13.1. The average molecular weight is 380 g/mol. The minimum absolute atomic E-state index is 0.0291. The summed E-state index contributed by atoms with van der Waals surface area (Å²) in [7, 11) is 0. The van der Waals surface area contributed by atoms with Crippen molar-refractivity contribution in [2.75, 3.05) is 11.4 Å². The molecular formula is C16H14ClN3O4S. The van der Waals surface area contributed by atoms with E-state index in [9.17, 15) is 19.7 Å². The number of carbonyl (C=O) groups is 2. The molecule has 0 unspecified atom stereocenters. The third-order valence-electron chi connectivity index (χ3n) is 3.27. The fourth-order valence-corrected chi connectivity index (χ4v) is 3.12. The van der Waals surface area contributed by atoms with Gasteiger partial charge >= 0.3 is 0 Å². The molecule has 0 aliphatic rings. The van der Waals surface area contributed by atoms with Crippen molar-refractivity contribution in [1.82, 2.24) is 4.98 Å². The number of nitro groups is 1. The van der Waals surface area contributed by atoms with E-state index in [1.165, 1.54) is 47.4 Å². The van der Waals surface area contributed by atoms with Crippen molar-refractivity contribution >= 4 is 51.5 Å². The molecule has 1 heterocycles. The van der Waals surface area contributed by atoms with Gasteiger partial charge in [0.1, 0.15) is 5.02 Å². The summed E-state index contributed by atoms with van der Waals surface area (Å²) >= 11 is 7.02. The van der Waals surface area contributed by atoms with Crippen molar-refractivity contribution in [1.29, 1.82) is 0 Å². The highest BCUT2D eigenvalue weighted by atomic mass is 35.5. The smallest absolute Gasteiger partial charge is 0.288 e. The van der Waals surface area contributed by atoms with Crippen LogP contribution in [-0.2, 0) is 4.79 Å². The molecule has 1 amide bonds. The van der Waals surface area contributed by atoms with Crippen LogP contribution in [-0.4, -0.2) is 28.1 Å². The average Bonchev–Trinajstić information content (AvgIpc) is 3.01. The van der Waals surface area contributed by atoms with Gasteiger partial charge in [-0.3, -0.25) is 24.6 Å². The highest BCUT2D eigenvalue weighted by molar-refractivity contribution is 7.14. The van der Waals surface area contributed by atoms with Gasteiger partial charge < -0.3 is 0 Å². The van der Waals surface area contributed by atoms with Crippen molar-refractivity contribution in [2.24, 2.45) is 0 Å².